The highest BCUT2D eigenvalue weighted by Crippen LogP contribution is 2.22. The van der Waals surface area contributed by atoms with E-state index in [1.54, 1.807) is 12.1 Å². The number of Topliss-reactive ketones (excluding diaryl/α,β-unsaturated/α-hetero) is 1. The van der Waals surface area contributed by atoms with E-state index in [9.17, 15) is 24.1 Å². The first-order valence-corrected chi connectivity index (χ1v) is 8.86. The first-order valence-electron chi connectivity index (χ1n) is 8.86. The first-order chi connectivity index (χ1) is 13.9. The number of nitrogens with one attached hydrogen (secondary N) is 1. The maximum absolute atomic E-state index is 13.3. The highest BCUT2D eigenvalue weighted by atomic mass is 19.1. The van der Waals surface area contributed by atoms with E-state index in [4.69, 9.17) is 0 Å². The number of carbonyl (C=O) groups excluding carboxylic acids is 2. The molecule has 7 heteroatoms. The van der Waals surface area contributed by atoms with E-state index >= 15 is 0 Å². The molecule has 0 heterocycles. The summed E-state index contributed by atoms with van der Waals surface area (Å²) < 4.78 is 13.3. The van der Waals surface area contributed by atoms with E-state index in [1.807, 2.05) is 42.5 Å². The van der Waals surface area contributed by atoms with Crippen LogP contribution in [0.15, 0.2) is 72.8 Å². The zero-order valence-corrected chi connectivity index (χ0v) is 15.3. The number of nitrogens with zero attached hydrogens (tertiary/aromatic N) is 1. The van der Waals surface area contributed by atoms with Crippen LogP contribution >= 0.6 is 0 Å². The number of anilines is 1. The molecule has 3 aromatic rings. The van der Waals surface area contributed by atoms with Crippen molar-refractivity contribution in [3.05, 3.63) is 94.3 Å². The van der Waals surface area contributed by atoms with Crippen molar-refractivity contribution in [3.63, 3.8) is 0 Å². The lowest BCUT2D eigenvalue weighted by atomic mass is 10.0. The molecule has 0 aliphatic heterocycles. The molecule has 0 saturated carbocycles. The van der Waals surface area contributed by atoms with E-state index in [2.05, 4.69) is 5.32 Å². The van der Waals surface area contributed by atoms with E-state index in [1.165, 1.54) is 6.07 Å². The van der Waals surface area contributed by atoms with Crippen molar-refractivity contribution in [2.24, 2.45) is 0 Å². The minimum atomic E-state index is -0.984. The molecule has 0 unspecified atom stereocenters. The molecule has 0 spiro atoms. The lowest BCUT2D eigenvalue weighted by Gasteiger charge is -2.06. The third kappa shape index (κ3) is 5.10. The Kier molecular flexibility index (Phi) is 6.09. The average molecular weight is 392 g/mol. The summed E-state index contributed by atoms with van der Waals surface area (Å²) in [6, 6.07) is 19.9. The Labute approximate surface area is 166 Å². The summed E-state index contributed by atoms with van der Waals surface area (Å²) in [6.45, 7) is 0. The second-order valence-corrected chi connectivity index (χ2v) is 6.34. The van der Waals surface area contributed by atoms with Crippen molar-refractivity contribution in [3.8, 4) is 11.1 Å². The number of halogens is 1. The molecule has 29 heavy (non-hydrogen) atoms. The summed E-state index contributed by atoms with van der Waals surface area (Å²) in [5, 5.41) is 13.2. The number of rotatable bonds is 7. The summed E-state index contributed by atoms with van der Waals surface area (Å²) in [5.41, 5.74) is 1.90. The fourth-order valence-electron chi connectivity index (χ4n) is 2.80. The second kappa shape index (κ2) is 8.88. The Hall–Kier alpha value is -3.87. The van der Waals surface area contributed by atoms with Crippen molar-refractivity contribution in [1.29, 1.82) is 0 Å². The van der Waals surface area contributed by atoms with Crippen LogP contribution in [-0.2, 0) is 4.79 Å². The monoisotopic (exact) mass is 392 g/mol. The average Bonchev–Trinajstić information content (AvgIpc) is 2.74. The zero-order valence-electron chi connectivity index (χ0n) is 15.3. The second-order valence-electron chi connectivity index (χ2n) is 6.34. The number of nitro benzene ring substituents is 1. The first kappa shape index (κ1) is 19.9. The molecule has 0 aliphatic carbocycles. The minimum Gasteiger partial charge on any atom is -0.326 e. The van der Waals surface area contributed by atoms with Gasteiger partial charge >= 0.3 is 5.69 Å². The van der Waals surface area contributed by atoms with Gasteiger partial charge in [0, 0.05) is 30.2 Å². The molecule has 1 amide bonds. The largest absolute Gasteiger partial charge is 0.326 e. The van der Waals surface area contributed by atoms with Crippen LogP contribution in [0.25, 0.3) is 11.1 Å². The van der Waals surface area contributed by atoms with Crippen LogP contribution in [0.5, 0.6) is 0 Å². The number of hydrogen-bond acceptors (Lipinski definition) is 4. The van der Waals surface area contributed by atoms with Gasteiger partial charge in [0.15, 0.2) is 5.78 Å². The lowest BCUT2D eigenvalue weighted by Crippen LogP contribution is -2.13. The van der Waals surface area contributed by atoms with Crippen LogP contribution in [0.3, 0.4) is 0 Å². The van der Waals surface area contributed by atoms with Crippen LogP contribution < -0.4 is 5.32 Å². The maximum atomic E-state index is 13.3. The molecule has 1 N–H and O–H groups in total. The van der Waals surface area contributed by atoms with Gasteiger partial charge in [0.25, 0.3) is 0 Å². The van der Waals surface area contributed by atoms with Gasteiger partial charge in [0.2, 0.25) is 11.7 Å². The molecule has 0 atom stereocenters. The molecule has 0 saturated heterocycles. The van der Waals surface area contributed by atoms with Gasteiger partial charge < -0.3 is 5.32 Å². The molecular formula is C22H17FN2O4. The molecule has 6 nitrogen and oxygen atoms in total. The highest BCUT2D eigenvalue weighted by molar-refractivity contribution is 6.00. The molecule has 0 fully saturated rings. The van der Waals surface area contributed by atoms with Gasteiger partial charge in [-0.05, 0) is 23.3 Å². The third-order valence-electron chi connectivity index (χ3n) is 4.32. The Balaban J connectivity index is 1.57. The lowest BCUT2D eigenvalue weighted by molar-refractivity contribution is -0.387. The minimum absolute atomic E-state index is 0.0141. The third-order valence-corrected chi connectivity index (χ3v) is 4.32. The number of hydrogen-bond donors (Lipinski definition) is 1. The van der Waals surface area contributed by atoms with Gasteiger partial charge in [-0.15, -0.1) is 0 Å². The van der Waals surface area contributed by atoms with Gasteiger partial charge in [0.1, 0.15) is 0 Å². The summed E-state index contributed by atoms with van der Waals surface area (Å²) in [6.07, 6.45) is -0.107. The molecule has 0 bridgehead atoms. The maximum Gasteiger partial charge on any atom is 0.306 e. The summed E-state index contributed by atoms with van der Waals surface area (Å²) in [7, 11) is 0. The van der Waals surface area contributed by atoms with E-state index in [0.717, 1.165) is 23.3 Å². The molecule has 0 aromatic heterocycles. The molecule has 0 aliphatic rings. The summed E-state index contributed by atoms with van der Waals surface area (Å²) in [5.74, 6) is -1.66. The van der Waals surface area contributed by atoms with Crippen molar-refractivity contribution in [2.45, 2.75) is 12.8 Å². The van der Waals surface area contributed by atoms with E-state index in [0.29, 0.717) is 5.56 Å². The number of benzene rings is 3. The Bertz CT molecular complexity index is 1050. The van der Waals surface area contributed by atoms with Crippen molar-refractivity contribution in [1.82, 2.24) is 0 Å². The highest BCUT2D eigenvalue weighted by Gasteiger charge is 2.16. The van der Waals surface area contributed by atoms with Gasteiger partial charge in [-0.1, -0.05) is 54.6 Å². The van der Waals surface area contributed by atoms with E-state index < -0.39 is 22.3 Å². The van der Waals surface area contributed by atoms with Gasteiger partial charge in [0.05, 0.1) is 4.92 Å². The van der Waals surface area contributed by atoms with Gasteiger partial charge in [-0.3, -0.25) is 19.7 Å². The Morgan fingerprint density at radius 3 is 2.21 bits per heavy atom. The Morgan fingerprint density at radius 2 is 1.55 bits per heavy atom. The molecular weight excluding hydrogens is 375 g/mol. The van der Waals surface area contributed by atoms with Crippen molar-refractivity contribution < 1.29 is 18.9 Å². The fraction of sp³-hybridized carbons (Fsp3) is 0.0909. The number of amides is 1. The standard InChI is InChI=1S/C22H17FN2O4/c23-19-11-10-18(14-20(19)25(28)29)24-22(27)13-12-21(26)17-8-6-16(7-9-17)15-4-2-1-3-5-15/h1-11,14H,12-13H2,(H,24,27). The number of ketones is 1. The molecule has 3 aromatic carbocycles. The van der Waals surface area contributed by atoms with Gasteiger partial charge in [-0.2, -0.15) is 4.39 Å². The summed E-state index contributed by atoms with van der Waals surface area (Å²) in [4.78, 5) is 34.2. The van der Waals surface area contributed by atoms with Crippen LogP contribution in [0.4, 0.5) is 15.8 Å². The Morgan fingerprint density at radius 1 is 0.897 bits per heavy atom. The number of nitro groups is 1. The quantitative estimate of drug-likeness (QED) is 0.348. The molecule has 3 rings (SSSR count). The topological polar surface area (TPSA) is 89.3 Å². The molecule has 146 valence electrons. The number of carbonyl (C=O) groups is 2. The van der Waals surface area contributed by atoms with Crippen molar-refractivity contribution in [2.75, 3.05) is 5.32 Å². The van der Waals surface area contributed by atoms with Crippen LogP contribution in [-0.4, -0.2) is 16.6 Å². The fourth-order valence-corrected chi connectivity index (χ4v) is 2.80. The van der Waals surface area contributed by atoms with Gasteiger partial charge in [-0.25, -0.2) is 0 Å². The van der Waals surface area contributed by atoms with Crippen LogP contribution in [0, 0.1) is 15.9 Å². The smallest absolute Gasteiger partial charge is 0.306 e. The van der Waals surface area contributed by atoms with E-state index in [-0.39, 0.29) is 24.3 Å². The normalized spacial score (nSPS) is 10.4. The molecule has 0 radical (unpaired) electrons. The predicted octanol–water partition coefficient (Wildman–Crippen LogP) is 5.00. The zero-order chi connectivity index (χ0) is 20.8. The SMILES string of the molecule is O=C(CCC(=O)c1ccc(-c2ccccc2)cc1)Nc1ccc(F)c([N+](=O)[O-])c1. The predicted molar refractivity (Wildman–Crippen MR) is 107 cm³/mol. The van der Waals surface area contributed by atoms with Crippen LogP contribution in [0.2, 0.25) is 0 Å². The van der Waals surface area contributed by atoms with Crippen molar-refractivity contribution >= 4 is 23.1 Å². The van der Waals surface area contributed by atoms with Crippen LogP contribution in [0.1, 0.15) is 23.2 Å². The summed E-state index contributed by atoms with van der Waals surface area (Å²) >= 11 is 0.